The zero-order valence-corrected chi connectivity index (χ0v) is 11.9. The molecule has 0 aromatic heterocycles. The summed E-state index contributed by atoms with van der Waals surface area (Å²) in [5, 5.41) is 0. The second-order valence-corrected chi connectivity index (χ2v) is 6.48. The SMILES string of the molecule is C=CCOS(=O)(=O)c1ccccc1C1CCCCC1. The van der Waals surface area contributed by atoms with Gasteiger partial charge in [0.25, 0.3) is 10.1 Å². The van der Waals surface area contributed by atoms with E-state index in [0.29, 0.717) is 10.8 Å². The molecule has 4 heteroatoms. The van der Waals surface area contributed by atoms with Crippen LogP contribution in [0.1, 0.15) is 43.6 Å². The van der Waals surface area contributed by atoms with E-state index in [0.717, 1.165) is 18.4 Å². The lowest BCUT2D eigenvalue weighted by atomic mass is 9.84. The average Bonchev–Trinajstić information content (AvgIpc) is 2.46. The normalized spacial score (nSPS) is 17.3. The van der Waals surface area contributed by atoms with Gasteiger partial charge in [-0.1, -0.05) is 43.5 Å². The van der Waals surface area contributed by atoms with Gasteiger partial charge in [0.15, 0.2) is 0 Å². The highest BCUT2D eigenvalue weighted by Crippen LogP contribution is 2.36. The molecule has 1 aliphatic rings. The van der Waals surface area contributed by atoms with Crippen LogP contribution in [-0.2, 0) is 14.3 Å². The van der Waals surface area contributed by atoms with E-state index in [1.165, 1.54) is 25.3 Å². The highest BCUT2D eigenvalue weighted by molar-refractivity contribution is 7.86. The van der Waals surface area contributed by atoms with Crippen LogP contribution in [0.2, 0.25) is 0 Å². The van der Waals surface area contributed by atoms with Gasteiger partial charge in [-0.25, -0.2) is 0 Å². The minimum Gasteiger partial charge on any atom is -0.262 e. The summed E-state index contributed by atoms with van der Waals surface area (Å²) in [4.78, 5) is 0.323. The second-order valence-electron chi connectivity index (χ2n) is 4.90. The molecule has 1 saturated carbocycles. The van der Waals surface area contributed by atoms with Gasteiger partial charge in [-0.15, -0.1) is 6.58 Å². The van der Waals surface area contributed by atoms with Crippen molar-refractivity contribution in [2.75, 3.05) is 6.61 Å². The van der Waals surface area contributed by atoms with Gasteiger partial charge < -0.3 is 0 Å². The lowest BCUT2D eigenvalue weighted by Gasteiger charge is -2.23. The Labute approximate surface area is 115 Å². The molecule has 0 amide bonds. The van der Waals surface area contributed by atoms with Gasteiger partial charge in [-0.05, 0) is 30.4 Å². The molecule has 1 aromatic rings. The maximum atomic E-state index is 12.2. The van der Waals surface area contributed by atoms with Crippen molar-refractivity contribution in [1.82, 2.24) is 0 Å². The van der Waals surface area contributed by atoms with Crippen LogP contribution in [0.15, 0.2) is 41.8 Å². The zero-order valence-electron chi connectivity index (χ0n) is 11.0. The molecule has 3 nitrogen and oxygen atoms in total. The lowest BCUT2D eigenvalue weighted by molar-refractivity contribution is 0.355. The fraction of sp³-hybridized carbons (Fsp3) is 0.467. The molecule has 0 aliphatic heterocycles. The Hall–Kier alpha value is -1.13. The van der Waals surface area contributed by atoms with Crippen molar-refractivity contribution in [2.45, 2.75) is 42.9 Å². The van der Waals surface area contributed by atoms with Crippen molar-refractivity contribution in [2.24, 2.45) is 0 Å². The van der Waals surface area contributed by atoms with Crippen LogP contribution in [0, 0.1) is 0 Å². The molecule has 1 aromatic carbocycles. The van der Waals surface area contributed by atoms with Gasteiger partial charge in [-0.2, -0.15) is 8.42 Å². The molecule has 0 bridgehead atoms. The minimum atomic E-state index is -3.67. The summed E-state index contributed by atoms with van der Waals surface area (Å²) in [6.07, 6.45) is 7.17. The van der Waals surface area contributed by atoms with Crippen LogP contribution < -0.4 is 0 Å². The molecule has 0 heterocycles. The predicted octanol–water partition coefficient (Wildman–Crippen LogP) is 3.63. The van der Waals surface area contributed by atoms with E-state index in [4.69, 9.17) is 4.18 Å². The third-order valence-electron chi connectivity index (χ3n) is 3.57. The summed E-state index contributed by atoms with van der Waals surface area (Å²) >= 11 is 0. The van der Waals surface area contributed by atoms with Crippen LogP contribution in [0.4, 0.5) is 0 Å². The molecule has 0 spiro atoms. The minimum absolute atomic E-state index is 0.0152. The first kappa shape index (κ1) is 14.3. The highest BCUT2D eigenvalue weighted by atomic mass is 32.2. The second kappa shape index (κ2) is 6.35. The van der Waals surface area contributed by atoms with Gasteiger partial charge in [0.2, 0.25) is 0 Å². The average molecular weight is 280 g/mol. The summed E-state index contributed by atoms with van der Waals surface area (Å²) in [6, 6.07) is 7.20. The van der Waals surface area contributed by atoms with Gasteiger partial charge in [0.1, 0.15) is 0 Å². The van der Waals surface area contributed by atoms with Crippen LogP contribution >= 0.6 is 0 Å². The van der Waals surface area contributed by atoms with Crippen LogP contribution in [0.3, 0.4) is 0 Å². The summed E-state index contributed by atoms with van der Waals surface area (Å²) in [5.41, 5.74) is 0.909. The number of rotatable bonds is 5. The molecule has 0 radical (unpaired) electrons. The van der Waals surface area contributed by atoms with E-state index in [1.54, 1.807) is 12.1 Å². The zero-order chi connectivity index (χ0) is 13.7. The summed E-state index contributed by atoms with van der Waals surface area (Å²) in [5.74, 6) is 0.340. The third-order valence-corrected chi connectivity index (χ3v) is 4.93. The van der Waals surface area contributed by atoms with Gasteiger partial charge in [-0.3, -0.25) is 4.18 Å². The molecule has 0 unspecified atom stereocenters. The first-order chi connectivity index (χ1) is 9.15. The van der Waals surface area contributed by atoms with Gasteiger partial charge >= 0.3 is 0 Å². The maximum Gasteiger partial charge on any atom is 0.297 e. The number of hydrogen-bond donors (Lipinski definition) is 0. The van der Waals surface area contributed by atoms with E-state index in [-0.39, 0.29) is 6.61 Å². The Balaban J connectivity index is 2.32. The van der Waals surface area contributed by atoms with Gasteiger partial charge in [0.05, 0.1) is 11.5 Å². The van der Waals surface area contributed by atoms with E-state index in [9.17, 15) is 8.42 Å². The molecule has 2 rings (SSSR count). The fourth-order valence-electron chi connectivity index (χ4n) is 2.66. The molecular weight excluding hydrogens is 260 g/mol. The standard InChI is InChI=1S/C15H20O3S/c1-2-12-18-19(16,17)15-11-7-6-10-14(15)13-8-4-3-5-9-13/h2,6-7,10-11,13H,1,3-5,8-9,12H2. The van der Waals surface area contributed by atoms with Crippen molar-refractivity contribution < 1.29 is 12.6 Å². The van der Waals surface area contributed by atoms with Crippen molar-refractivity contribution in [3.05, 3.63) is 42.5 Å². The monoisotopic (exact) mass is 280 g/mol. The Kier molecular flexibility index (Phi) is 4.77. The van der Waals surface area contributed by atoms with Crippen LogP contribution in [-0.4, -0.2) is 15.0 Å². The van der Waals surface area contributed by atoms with Crippen LogP contribution in [0.5, 0.6) is 0 Å². The molecule has 0 saturated heterocycles. The smallest absolute Gasteiger partial charge is 0.262 e. The van der Waals surface area contributed by atoms with Crippen molar-refractivity contribution in [1.29, 1.82) is 0 Å². The quantitative estimate of drug-likeness (QED) is 0.611. The summed E-state index contributed by atoms with van der Waals surface area (Å²) in [7, 11) is -3.67. The van der Waals surface area contributed by atoms with E-state index in [1.807, 2.05) is 12.1 Å². The number of hydrogen-bond acceptors (Lipinski definition) is 3. The fourth-order valence-corrected chi connectivity index (χ4v) is 3.83. The molecule has 0 N–H and O–H groups in total. The van der Waals surface area contributed by atoms with E-state index >= 15 is 0 Å². The Morgan fingerprint density at radius 1 is 1.21 bits per heavy atom. The highest BCUT2D eigenvalue weighted by Gasteiger charge is 2.24. The summed E-state index contributed by atoms with van der Waals surface area (Å²) < 4.78 is 29.3. The third kappa shape index (κ3) is 3.45. The molecular formula is C15H20O3S. The summed E-state index contributed by atoms with van der Waals surface area (Å²) in [6.45, 7) is 3.50. The Bertz CT molecular complexity index is 528. The van der Waals surface area contributed by atoms with Crippen molar-refractivity contribution >= 4 is 10.1 Å². The predicted molar refractivity (Wildman–Crippen MR) is 75.6 cm³/mol. The van der Waals surface area contributed by atoms with Gasteiger partial charge in [0, 0.05) is 0 Å². The Morgan fingerprint density at radius 2 is 1.89 bits per heavy atom. The van der Waals surface area contributed by atoms with Crippen LogP contribution in [0.25, 0.3) is 0 Å². The topological polar surface area (TPSA) is 43.4 Å². The van der Waals surface area contributed by atoms with Crippen molar-refractivity contribution in [3.8, 4) is 0 Å². The molecule has 1 fully saturated rings. The van der Waals surface area contributed by atoms with E-state index in [2.05, 4.69) is 6.58 Å². The molecule has 0 atom stereocenters. The molecule has 104 valence electrons. The van der Waals surface area contributed by atoms with E-state index < -0.39 is 10.1 Å². The Morgan fingerprint density at radius 3 is 2.58 bits per heavy atom. The first-order valence-electron chi connectivity index (χ1n) is 6.74. The molecule has 19 heavy (non-hydrogen) atoms. The maximum absolute atomic E-state index is 12.2. The first-order valence-corrected chi connectivity index (χ1v) is 8.15. The number of benzene rings is 1. The largest absolute Gasteiger partial charge is 0.297 e. The van der Waals surface area contributed by atoms with Crippen molar-refractivity contribution in [3.63, 3.8) is 0 Å². The molecule has 1 aliphatic carbocycles. The lowest BCUT2D eigenvalue weighted by Crippen LogP contribution is -2.13.